The van der Waals surface area contributed by atoms with E-state index in [2.05, 4.69) is 33.9 Å². The van der Waals surface area contributed by atoms with Crippen LogP contribution in [0.2, 0.25) is 0 Å². The van der Waals surface area contributed by atoms with Gasteiger partial charge in [-0.15, -0.1) is 0 Å². The second kappa shape index (κ2) is 7.08. The van der Waals surface area contributed by atoms with Crippen LogP contribution >= 0.6 is 0 Å². The molecule has 124 valence electrons. The molecule has 1 atom stereocenters. The van der Waals surface area contributed by atoms with Crippen molar-refractivity contribution < 1.29 is 9.26 Å². The number of piperidine rings is 1. The Morgan fingerprint density at radius 2 is 2.30 bits per heavy atom. The number of anilines is 1. The minimum Gasteiger partial charge on any atom is -0.384 e. The highest BCUT2D eigenvalue weighted by Gasteiger charge is 2.21. The third kappa shape index (κ3) is 3.69. The molecule has 1 fully saturated rings. The summed E-state index contributed by atoms with van der Waals surface area (Å²) in [4.78, 5) is 11.3. The Balaban J connectivity index is 1.79. The van der Waals surface area contributed by atoms with Crippen LogP contribution in [0.25, 0.3) is 11.5 Å². The molecule has 0 N–H and O–H groups in total. The lowest BCUT2D eigenvalue weighted by Gasteiger charge is -2.33. The molecule has 0 saturated carbocycles. The van der Waals surface area contributed by atoms with E-state index in [4.69, 9.17) is 9.26 Å². The average Bonchev–Trinajstić information content (AvgIpc) is 3.06. The Morgan fingerprint density at radius 3 is 3.04 bits per heavy atom. The molecule has 23 heavy (non-hydrogen) atoms. The standard InChI is InChI=1S/C17H24N4O2/c1-12(2)16-19-17(23-20-16)14-6-7-18-15(9-14)21-8-4-5-13(10-21)11-22-3/h6-7,9,12-13H,4-5,8,10-11H2,1-3H3. The van der Waals surface area contributed by atoms with Crippen molar-refractivity contribution in [3.05, 3.63) is 24.2 Å². The molecule has 0 radical (unpaired) electrons. The Hall–Kier alpha value is -1.95. The molecule has 3 heterocycles. The molecule has 1 aliphatic heterocycles. The lowest BCUT2D eigenvalue weighted by Crippen LogP contribution is -2.37. The summed E-state index contributed by atoms with van der Waals surface area (Å²) in [7, 11) is 1.76. The maximum absolute atomic E-state index is 5.39. The predicted molar refractivity (Wildman–Crippen MR) is 88.4 cm³/mol. The highest BCUT2D eigenvalue weighted by Crippen LogP contribution is 2.26. The number of hydrogen-bond donors (Lipinski definition) is 0. The van der Waals surface area contributed by atoms with Crippen LogP contribution < -0.4 is 4.90 Å². The summed E-state index contributed by atoms with van der Waals surface area (Å²) >= 11 is 0. The van der Waals surface area contributed by atoms with E-state index >= 15 is 0 Å². The average molecular weight is 316 g/mol. The topological polar surface area (TPSA) is 64.3 Å². The zero-order valence-corrected chi connectivity index (χ0v) is 14.0. The van der Waals surface area contributed by atoms with Crippen molar-refractivity contribution in [3.63, 3.8) is 0 Å². The zero-order valence-electron chi connectivity index (χ0n) is 14.0. The molecule has 1 aliphatic rings. The summed E-state index contributed by atoms with van der Waals surface area (Å²) in [5, 5.41) is 4.03. The third-order valence-corrected chi connectivity index (χ3v) is 4.20. The van der Waals surface area contributed by atoms with Gasteiger partial charge in [-0.05, 0) is 30.9 Å². The van der Waals surface area contributed by atoms with Crippen LogP contribution in [-0.2, 0) is 4.74 Å². The molecule has 0 aromatic carbocycles. The monoisotopic (exact) mass is 316 g/mol. The van der Waals surface area contributed by atoms with E-state index in [1.165, 1.54) is 6.42 Å². The highest BCUT2D eigenvalue weighted by molar-refractivity contribution is 5.58. The molecular formula is C17H24N4O2. The fourth-order valence-corrected chi connectivity index (χ4v) is 2.96. The molecule has 1 saturated heterocycles. The van der Waals surface area contributed by atoms with E-state index < -0.39 is 0 Å². The van der Waals surface area contributed by atoms with Crippen LogP contribution in [0.3, 0.4) is 0 Å². The summed E-state index contributed by atoms with van der Waals surface area (Å²) < 4.78 is 10.7. The van der Waals surface area contributed by atoms with Crippen molar-refractivity contribution in [1.29, 1.82) is 0 Å². The minimum absolute atomic E-state index is 0.255. The number of hydrogen-bond acceptors (Lipinski definition) is 6. The minimum atomic E-state index is 0.255. The summed E-state index contributed by atoms with van der Waals surface area (Å²) in [5.41, 5.74) is 0.920. The van der Waals surface area contributed by atoms with Crippen LogP contribution in [0, 0.1) is 5.92 Å². The Labute approximate surface area is 136 Å². The molecule has 0 bridgehead atoms. The van der Waals surface area contributed by atoms with Gasteiger partial charge in [0.25, 0.3) is 5.89 Å². The lowest BCUT2D eigenvalue weighted by molar-refractivity contribution is 0.143. The fraction of sp³-hybridized carbons (Fsp3) is 0.588. The van der Waals surface area contributed by atoms with E-state index in [0.717, 1.165) is 43.3 Å². The Kier molecular flexibility index (Phi) is 4.91. The third-order valence-electron chi connectivity index (χ3n) is 4.20. The van der Waals surface area contributed by atoms with Crippen LogP contribution in [-0.4, -0.2) is 41.9 Å². The van der Waals surface area contributed by atoms with Gasteiger partial charge in [0, 0.05) is 37.9 Å². The van der Waals surface area contributed by atoms with Crippen LogP contribution in [0.1, 0.15) is 38.4 Å². The Morgan fingerprint density at radius 1 is 1.43 bits per heavy atom. The maximum Gasteiger partial charge on any atom is 0.258 e. The van der Waals surface area contributed by atoms with Gasteiger partial charge in [0.15, 0.2) is 5.82 Å². The fourth-order valence-electron chi connectivity index (χ4n) is 2.96. The molecule has 2 aromatic heterocycles. The normalized spacial score (nSPS) is 18.6. The van der Waals surface area contributed by atoms with Crippen molar-refractivity contribution in [2.24, 2.45) is 5.92 Å². The summed E-state index contributed by atoms with van der Waals surface area (Å²) in [6.07, 6.45) is 4.19. The zero-order chi connectivity index (χ0) is 16.2. The first kappa shape index (κ1) is 15.9. The van der Waals surface area contributed by atoms with Crippen molar-refractivity contribution in [3.8, 4) is 11.5 Å². The van der Waals surface area contributed by atoms with Gasteiger partial charge in [-0.2, -0.15) is 4.98 Å². The Bertz CT molecular complexity index is 639. The number of methoxy groups -OCH3 is 1. The molecule has 0 aliphatic carbocycles. The number of aromatic nitrogens is 3. The molecular weight excluding hydrogens is 292 g/mol. The van der Waals surface area contributed by atoms with E-state index in [1.807, 2.05) is 18.3 Å². The van der Waals surface area contributed by atoms with Gasteiger partial charge in [-0.1, -0.05) is 19.0 Å². The molecule has 0 amide bonds. The van der Waals surface area contributed by atoms with E-state index in [-0.39, 0.29) is 5.92 Å². The number of pyridine rings is 1. The van der Waals surface area contributed by atoms with Gasteiger partial charge in [-0.25, -0.2) is 4.98 Å². The number of nitrogens with zero attached hydrogens (tertiary/aromatic N) is 4. The van der Waals surface area contributed by atoms with Crippen LogP contribution in [0.5, 0.6) is 0 Å². The van der Waals surface area contributed by atoms with Crippen molar-refractivity contribution in [2.45, 2.75) is 32.6 Å². The number of ether oxygens (including phenoxy) is 1. The smallest absolute Gasteiger partial charge is 0.258 e. The van der Waals surface area contributed by atoms with Crippen molar-refractivity contribution in [2.75, 3.05) is 31.7 Å². The molecule has 6 heteroatoms. The molecule has 0 spiro atoms. The molecule has 1 unspecified atom stereocenters. The van der Waals surface area contributed by atoms with E-state index in [1.54, 1.807) is 7.11 Å². The largest absolute Gasteiger partial charge is 0.384 e. The van der Waals surface area contributed by atoms with Crippen molar-refractivity contribution >= 4 is 5.82 Å². The first-order valence-corrected chi connectivity index (χ1v) is 8.21. The predicted octanol–water partition coefficient (Wildman–Crippen LogP) is 3.12. The molecule has 3 rings (SSSR count). The van der Waals surface area contributed by atoms with Gasteiger partial charge in [0.1, 0.15) is 5.82 Å². The SMILES string of the molecule is COCC1CCCN(c2cc(-c3nc(C(C)C)no3)ccn2)C1. The highest BCUT2D eigenvalue weighted by atomic mass is 16.5. The van der Waals surface area contributed by atoms with Gasteiger partial charge in [0.2, 0.25) is 0 Å². The maximum atomic E-state index is 5.39. The lowest BCUT2D eigenvalue weighted by atomic mass is 9.99. The molecule has 2 aromatic rings. The van der Waals surface area contributed by atoms with Crippen molar-refractivity contribution in [1.82, 2.24) is 15.1 Å². The van der Waals surface area contributed by atoms with Gasteiger partial charge < -0.3 is 14.2 Å². The summed E-state index contributed by atoms with van der Waals surface area (Å²) in [6.45, 7) is 6.91. The van der Waals surface area contributed by atoms with Gasteiger partial charge in [0.05, 0.1) is 6.61 Å². The molecule has 6 nitrogen and oxygen atoms in total. The van der Waals surface area contributed by atoms with E-state index in [0.29, 0.717) is 11.8 Å². The first-order valence-electron chi connectivity index (χ1n) is 8.21. The van der Waals surface area contributed by atoms with Gasteiger partial charge in [-0.3, -0.25) is 0 Å². The van der Waals surface area contributed by atoms with Crippen LogP contribution in [0.4, 0.5) is 5.82 Å². The summed E-state index contributed by atoms with van der Waals surface area (Å²) in [5.74, 6) is 3.08. The van der Waals surface area contributed by atoms with Crippen LogP contribution in [0.15, 0.2) is 22.9 Å². The van der Waals surface area contributed by atoms with E-state index in [9.17, 15) is 0 Å². The quantitative estimate of drug-likeness (QED) is 0.844. The first-order chi connectivity index (χ1) is 11.2. The summed E-state index contributed by atoms with van der Waals surface area (Å²) in [6, 6.07) is 3.95. The second-order valence-corrected chi connectivity index (χ2v) is 6.42. The second-order valence-electron chi connectivity index (χ2n) is 6.42. The number of rotatable bonds is 5. The van der Waals surface area contributed by atoms with Gasteiger partial charge >= 0.3 is 0 Å².